The summed E-state index contributed by atoms with van der Waals surface area (Å²) in [7, 11) is 1.97. The first-order chi connectivity index (χ1) is 9.66. The molecule has 0 aliphatic carbocycles. The summed E-state index contributed by atoms with van der Waals surface area (Å²) >= 11 is 0. The summed E-state index contributed by atoms with van der Waals surface area (Å²) in [6, 6.07) is 8.88. The van der Waals surface area contributed by atoms with Crippen LogP contribution in [0.2, 0.25) is 0 Å². The first kappa shape index (κ1) is 15.0. The fourth-order valence-electron chi connectivity index (χ4n) is 2.77. The van der Waals surface area contributed by atoms with Gasteiger partial charge in [0.15, 0.2) is 0 Å². The summed E-state index contributed by atoms with van der Waals surface area (Å²) in [5.74, 6) is 0.275. The van der Waals surface area contributed by atoms with Crippen LogP contribution in [-0.2, 0) is 11.2 Å². The Morgan fingerprint density at radius 2 is 2.00 bits per heavy atom. The van der Waals surface area contributed by atoms with Crippen LogP contribution in [0.4, 0.5) is 0 Å². The number of rotatable bonds is 4. The van der Waals surface area contributed by atoms with Crippen molar-refractivity contribution in [2.45, 2.75) is 45.1 Å². The molecule has 1 aliphatic heterocycles. The maximum atomic E-state index is 12.3. The van der Waals surface area contributed by atoms with Crippen molar-refractivity contribution in [3.63, 3.8) is 0 Å². The van der Waals surface area contributed by atoms with Crippen molar-refractivity contribution in [2.75, 3.05) is 20.1 Å². The van der Waals surface area contributed by atoms with Gasteiger partial charge in [0.1, 0.15) is 0 Å². The molecule has 1 N–H and O–H groups in total. The fraction of sp³-hybridized carbons (Fsp3) is 0.588. The molecular formula is C17H26N2O. The molecule has 0 saturated carbocycles. The minimum absolute atomic E-state index is 0.275. The van der Waals surface area contributed by atoms with Gasteiger partial charge >= 0.3 is 0 Å². The Labute approximate surface area is 122 Å². The molecule has 0 bridgehead atoms. The number of carbonyl (C=O) groups is 1. The SMILES string of the molecule is Cc1ccc(CCC(=O)N(C)C2CCCNCC2)cc1. The van der Waals surface area contributed by atoms with Crippen LogP contribution < -0.4 is 5.32 Å². The topological polar surface area (TPSA) is 32.3 Å². The molecule has 3 heteroatoms. The van der Waals surface area contributed by atoms with E-state index in [1.807, 2.05) is 11.9 Å². The first-order valence-electron chi connectivity index (χ1n) is 7.69. The van der Waals surface area contributed by atoms with Crippen molar-refractivity contribution in [3.05, 3.63) is 35.4 Å². The van der Waals surface area contributed by atoms with Crippen molar-refractivity contribution in [3.8, 4) is 0 Å². The molecule has 1 heterocycles. The summed E-state index contributed by atoms with van der Waals surface area (Å²) in [5, 5.41) is 3.40. The smallest absolute Gasteiger partial charge is 0.222 e. The highest BCUT2D eigenvalue weighted by Gasteiger charge is 2.20. The maximum absolute atomic E-state index is 12.3. The summed E-state index contributed by atoms with van der Waals surface area (Å²) < 4.78 is 0. The number of carbonyl (C=O) groups excluding carboxylic acids is 1. The Morgan fingerprint density at radius 3 is 2.75 bits per heavy atom. The highest BCUT2D eigenvalue weighted by atomic mass is 16.2. The molecule has 2 rings (SSSR count). The average Bonchev–Trinajstić information content (AvgIpc) is 2.74. The van der Waals surface area contributed by atoms with Gasteiger partial charge in [-0.2, -0.15) is 0 Å². The van der Waals surface area contributed by atoms with E-state index >= 15 is 0 Å². The van der Waals surface area contributed by atoms with Crippen LogP contribution in [0.3, 0.4) is 0 Å². The standard InChI is InChI=1S/C17H26N2O/c1-14-5-7-15(8-6-14)9-10-17(20)19(2)16-4-3-12-18-13-11-16/h5-8,16,18H,3-4,9-13H2,1-2H3. The van der Waals surface area contributed by atoms with Gasteiger partial charge in [-0.3, -0.25) is 4.79 Å². The van der Waals surface area contributed by atoms with Crippen LogP contribution in [0.5, 0.6) is 0 Å². The molecule has 1 saturated heterocycles. The largest absolute Gasteiger partial charge is 0.343 e. The number of aryl methyl sites for hydroxylation is 2. The Bertz CT molecular complexity index is 419. The number of nitrogens with zero attached hydrogens (tertiary/aromatic N) is 1. The third-order valence-electron chi connectivity index (χ3n) is 4.23. The van der Waals surface area contributed by atoms with Gasteiger partial charge in [-0.15, -0.1) is 0 Å². The predicted octanol–water partition coefficient (Wildman–Crippen LogP) is 2.53. The lowest BCUT2D eigenvalue weighted by molar-refractivity contribution is -0.132. The number of hydrogen-bond acceptors (Lipinski definition) is 2. The Morgan fingerprint density at radius 1 is 1.25 bits per heavy atom. The first-order valence-corrected chi connectivity index (χ1v) is 7.69. The Hall–Kier alpha value is -1.35. The van der Waals surface area contributed by atoms with Crippen LogP contribution in [0, 0.1) is 6.92 Å². The van der Waals surface area contributed by atoms with Gasteiger partial charge in [0.05, 0.1) is 0 Å². The second-order valence-electron chi connectivity index (χ2n) is 5.82. The van der Waals surface area contributed by atoms with Crippen molar-refractivity contribution in [1.82, 2.24) is 10.2 Å². The van der Waals surface area contributed by atoms with E-state index in [1.54, 1.807) is 0 Å². The zero-order valence-corrected chi connectivity index (χ0v) is 12.7. The van der Waals surface area contributed by atoms with E-state index in [9.17, 15) is 4.79 Å². The number of nitrogens with one attached hydrogen (secondary N) is 1. The van der Waals surface area contributed by atoms with Gasteiger partial charge in [0.25, 0.3) is 0 Å². The van der Waals surface area contributed by atoms with Gasteiger partial charge in [-0.05, 0) is 51.3 Å². The normalized spacial score (nSPS) is 19.4. The van der Waals surface area contributed by atoms with Gasteiger partial charge in [-0.25, -0.2) is 0 Å². The molecule has 1 amide bonds. The zero-order chi connectivity index (χ0) is 14.4. The van der Waals surface area contributed by atoms with E-state index in [4.69, 9.17) is 0 Å². The van der Waals surface area contributed by atoms with E-state index in [2.05, 4.69) is 36.5 Å². The molecule has 1 fully saturated rings. The zero-order valence-electron chi connectivity index (χ0n) is 12.7. The highest BCUT2D eigenvalue weighted by molar-refractivity contribution is 5.76. The molecule has 1 atom stereocenters. The lowest BCUT2D eigenvalue weighted by atomic mass is 10.1. The van der Waals surface area contributed by atoms with Gasteiger partial charge in [0, 0.05) is 19.5 Å². The van der Waals surface area contributed by atoms with Crippen LogP contribution in [0.25, 0.3) is 0 Å². The highest BCUT2D eigenvalue weighted by Crippen LogP contribution is 2.14. The van der Waals surface area contributed by atoms with Crippen molar-refractivity contribution in [1.29, 1.82) is 0 Å². The average molecular weight is 274 g/mol. The quantitative estimate of drug-likeness (QED) is 0.915. The Balaban J connectivity index is 1.82. The lowest BCUT2D eigenvalue weighted by Crippen LogP contribution is -2.37. The number of amides is 1. The van der Waals surface area contributed by atoms with Gasteiger partial charge in [-0.1, -0.05) is 29.8 Å². The molecule has 1 aromatic rings. The van der Waals surface area contributed by atoms with E-state index in [1.165, 1.54) is 17.5 Å². The second-order valence-corrected chi connectivity index (χ2v) is 5.82. The summed E-state index contributed by atoms with van der Waals surface area (Å²) in [6.07, 6.45) is 4.82. The van der Waals surface area contributed by atoms with Crippen LogP contribution >= 0.6 is 0 Å². The summed E-state index contributed by atoms with van der Waals surface area (Å²) in [6.45, 7) is 4.20. The number of hydrogen-bond donors (Lipinski definition) is 1. The molecule has 1 aromatic carbocycles. The van der Waals surface area contributed by atoms with Crippen molar-refractivity contribution >= 4 is 5.91 Å². The molecule has 3 nitrogen and oxygen atoms in total. The van der Waals surface area contributed by atoms with E-state index in [-0.39, 0.29) is 5.91 Å². The maximum Gasteiger partial charge on any atom is 0.222 e. The molecule has 1 unspecified atom stereocenters. The number of benzene rings is 1. The molecule has 0 aromatic heterocycles. The molecule has 1 aliphatic rings. The van der Waals surface area contributed by atoms with Crippen molar-refractivity contribution in [2.24, 2.45) is 0 Å². The van der Waals surface area contributed by atoms with Crippen LogP contribution in [0.1, 0.15) is 36.8 Å². The summed E-state index contributed by atoms with van der Waals surface area (Å²) in [4.78, 5) is 14.3. The van der Waals surface area contributed by atoms with E-state index in [0.29, 0.717) is 12.5 Å². The molecule has 0 radical (unpaired) electrons. The molecular weight excluding hydrogens is 248 g/mol. The predicted molar refractivity (Wildman–Crippen MR) is 82.8 cm³/mol. The molecule has 20 heavy (non-hydrogen) atoms. The third-order valence-corrected chi connectivity index (χ3v) is 4.23. The lowest BCUT2D eigenvalue weighted by Gasteiger charge is -2.27. The molecule has 110 valence electrons. The minimum atomic E-state index is 0.275. The van der Waals surface area contributed by atoms with E-state index in [0.717, 1.165) is 32.4 Å². The molecule has 0 spiro atoms. The third kappa shape index (κ3) is 4.34. The van der Waals surface area contributed by atoms with Gasteiger partial charge in [0.2, 0.25) is 5.91 Å². The van der Waals surface area contributed by atoms with Gasteiger partial charge < -0.3 is 10.2 Å². The summed E-state index contributed by atoms with van der Waals surface area (Å²) in [5.41, 5.74) is 2.52. The Kier molecular flexibility index (Phi) is 5.60. The monoisotopic (exact) mass is 274 g/mol. The second kappa shape index (κ2) is 7.44. The van der Waals surface area contributed by atoms with E-state index < -0.39 is 0 Å². The fourth-order valence-corrected chi connectivity index (χ4v) is 2.77. The van der Waals surface area contributed by atoms with Crippen LogP contribution in [-0.4, -0.2) is 37.0 Å². The van der Waals surface area contributed by atoms with Crippen molar-refractivity contribution < 1.29 is 4.79 Å². The minimum Gasteiger partial charge on any atom is -0.343 e. The van der Waals surface area contributed by atoms with Crippen LogP contribution in [0.15, 0.2) is 24.3 Å².